The van der Waals surface area contributed by atoms with Crippen LogP contribution in [0.1, 0.15) is 46.5 Å². The van der Waals surface area contributed by atoms with Crippen LogP contribution in [0.3, 0.4) is 0 Å². The number of carbonyl (C=O) groups excluding carboxylic acids is 2. The van der Waals surface area contributed by atoms with Crippen LogP contribution in [0, 0.1) is 0 Å². The van der Waals surface area contributed by atoms with Crippen molar-refractivity contribution in [2.24, 2.45) is 0 Å². The smallest absolute Gasteiger partial charge is 0.307 e. The molecule has 0 aromatic rings. The molecule has 0 fully saturated rings. The molecule has 2 unspecified atom stereocenters. The summed E-state index contributed by atoms with van der Waals surface area (Å²) in [4.78, 5) is 27.5. The maximum Gasteiger partial charge on any atom is 0.307 e. The van der Waals surface area contributed by atoms with E-state index in [1.165, 1.54) is 0 Å². The number of hydrogen-bond acceptors (Lipinski definition) is 7. The fourth-order valence-corrected chi connectivity index (χ4v) is 2.20. The first-order valence-corrected chi connectivity index (χ1v) is 9.54. The summed E-state index contributed by atoms with van der Waals surface area (Å²) in [5, 5.41) is 0. The molecule has 0 aliphatic rings. The van der Waals surface area contributed by atoms with Crippen molar-refractivity contribution in [1.29, 1.82) is 0 Å². The molecule has 2 atom stereocenters. The van der Waals surface area contributed by atoms with E-state index in [9.17, 15) is 9.59 Å². The highest BCUT2D eigenvalue weighted by atomic mass is 16.6. The van der Waals surface area contributed by atoms with Crippen LogP contribution in [-0.4, -0.2) is 87.9 Å². The van der Waals surface area contributed by atoms with Crippen LogP contribution < -0.4 is 0 Å². The van der Waals surface area contributed by atoms with Gasteiger partial charge in [0.2, 0.25) is 0 Å². The van der Waals surface area contributed by atoms with E-state index in [0.29, 0.717) is 19.4 Å². The molecule has 0 rings (SSSR count). The predicted molar refractivity (Wildman–Crippen MR) is 102 cm³/mol. The zero-order valence-corrected chi connectivity index (χ0v) is 17.5. The molecule has 26 heavy (non-hydrogen) atoms. The summed E-state index contributed by atoms with van der Waals surface area (Å²) in [6.45, 7) is 8.75. The molecule has 0 aliphatic heterocycles. The van der Waals surface area contributed by atoms with Gasteiger partial charge in [-0.05, 0) is 60.9 Å². The number of carbonyl (C=O) groups is 2. The largest absolute Gasteiger partial charge is 0.463 e. The summed E-state index contributed by atoms with van der Waals surface area (Å²) < 4.78 is 16.0. The van der Waals surface area contributed by atoms with Crippen molar-refractivity contribution < 1.29 is 23.8 Å². The van der Waals surface area contributed by atoms with E-state index in [1.807, 2.05) is 20.9 Å². The van der Waals surface area contributed by atoms with Crippen molar-refractivity contribution in [2.45, 2.75) is 58.7 Å². The molecular formula is C19H38N2O5. The fraction of sp³-hybridized carbons (Fsp3) is 0.895. The first kappa shape index (κ1) is 24.8. The van der Waals surface area contributed by atoms with Crippen molar-refractivity contribution in [3.8, 4) is 0 Å². The average Bonchev–Trinajstić information content (AvgIpc) is 2.56. The van der Waals surface area contributed by atoms with Crippen molar-refractivity contribution >= 4 is 11.9 Å². The van der Waals surface area contributed by atoms with E-state index in [4.69, 9.17) is 14.2 Å². The maximum absolute atomic E-state index is 11.9. The van der Waals surface area contributed by atoms with Gasteiger partial charge in [0, 0.05) is 13.0 Å². The Morgan fingerprint density at radius 1 is 0.885 bits per heavy atom. The van der Waals surface area contributed by atoms with Gasteiger partial charge in [0.25, 0.3) is 0 Å². The molecule has 0 aliphatic carbocycles. The van der Waals surface area contributed by atoms with Crippen molar-refractivity contribution in [2.75, 3.05) is 54.0 Å². The van der Waals surface area contributed by atoms with Gasteiger partial charge in [0.1, 0.15) is 12.7 Å². The van der Waals surface area contributed by atoms with Gasteiger partial charge in [-0.2, -0.15) is 0 Å². The molecule has 0 bridgehead atoms. The third-order valence-corrected chi connectivity index (χ3v) is 3.72. The van der Waals surface area contributed by atoms with E-state index >= 15 is 0 Å². The summed E-state index contributed by atoms with van der Waals surface area (Å²) >= 11 is 0. The van der Waals surface area contributed by atoms with Gasteiger partial charge in [-0.15, -0.1) is 0 Å². The molecule has 7 nitrogen and oxygen atoms in total. The molecular weight excluding hydrogens is 336 g/mol. The lowest BCUT2D eigenvalue weighted by molar-refractivity contribution is -0.154. The quantitative estimate of drug-likeness (QED) is 0.406. The van der Waals surface area contributed by atoms with Crippen LogP contribution in [-0.2, 0) is 23.8 Å². The summed E-state index contributed by atoms with van der Waals surface area (Å²) in [7, 11) is 6.12. The molecule has 154 valence electrons. The first-order chi connectivity index (χ1) is 12.2. The normalized spacial score (nSPS) is 13.7. The van der Waals surface area contributed by atoms with Crippen LogP contribution in [0.5, 0.6) is 0 Å². The van der Waals surface area contributed by atoms with Gasteiger partial charge in [-0.1, -0.05) is 6.92 Å². The Bertz CT molecular complexity index is 390. The Balaban J connectivity index is 3.79. The van der Waals surface area contributed by atoms with Gasteiger partial charge in [0.15, 0.2) is 0 Å². The molecule has 0 spiro atoms. The first-order valence-electron chi connectivity index (χ1n) is 9.54. The molecule has 0 aromatic heterocycles. The van der Waals surface area contributed by atoms with Crippen LogP contribution in [0.15, 0.2) is 0 Å². The molecule has 0 aromatic carbocycles. The summed E-state index contributed by atoms with van der Waals surface area (Å²) in [5.74, 6) is -0.431. The Hall–Kier alpha value is -1.18. The molecule has 0 radical (unpaired) electrons. The summed E-state index contributed by atoms with van der Waals surface area (Å²) in [5.41, 5.74) is 0. The van der Waals surface area contributed by atoms with Crippen LogP contribution in [0.25, 0.3) is 0 Å². The van der Waals surface area contributed by atoms with Gasteiger partial charge in [0.05, 0.1) is 19.1 Å². The number of rotatable bonds is 15. The third kappa shape index (κ3) is 15.1. The second-order valence-electron chi connectivity index (χ2n) is 7.09. The number of esters is 2. The monoisotopic (exact) mass is 374 g/mol. The van der Waals surface area contributed by atoms with E-state index in [2.05, 4.69) is 23.9 Å². The van der Waals surface area contributed by atoms with Crippen molar-refractivity contribution in [3.05, 3.63) is 0 Å². The molecule has 0 amide bonds. The van der Waals surface area contributed by atoms with Crippen LogP contribution in [0.4, 0.5) is 0 Å². The van der Waals surface area contributed by atoms with E-state index in [1.54, 1.807) is 6.92 Å². The minimum absolute atomic E-state index is 0.211. The lowest BCUT2D eigenvalue weighted by Crippen LogP contribution is -2.29. The predicted octanol–water partition coefficient (Wildman–Crippen LogP) is 1.94. The minimum Gasteiger partial charge on any atom is -0.463 e. The molecule has 0 saturated heterocycles. The Morgan fingerprint density at radius 3 is 2.19 bits per heavy atom. The molecule has 0 N–H and O–H groups in total. The topological polar surface area (TPSA) is 68.3 Å². The second-order valence-corrected chi connectivity index (χ2v) is 7.09. The summed E-state index contributed by atoms with van der Waals surface area (Å²) in [6, 6.07) is 0. The number of ether oxygens (including phenoxy) is 3. The average molecular weight is 375 g/mol. The SMILES string of the molecule is CCCC(=O)OCC(C)OCC(C)OC(=O)CCN(C)CCCN(C)C. The zero-order chi connectivity index (χ0) is 19.9. The molecule has 0 saturated carbocycles. The van der Waals surface area contributed by atoms with Crippen molar-refractivity contribution in [3.63, 3.8) is 0 Å². The highest BCUT2D eigenvalue weighted by molar-refractivity contribution is 5.69. The number of nitrogens with zero attached hydrogens (tertiary/aromatic N) is 2. The Kier molecular flexibility index (Phi) is 14.3. The lowest BCUT2D eigenvalue weighted by Gasteiger charge is -2.20. The molecule has 0 heterocycles. The lowest BCUT2D eigenvalue weighted by atomic mass is 10.3. The van der Waals surface area contributed by atoms with Crippen LogP contribution in [0.2, 0.25) is 0 Å². The van der Waals surface area contributed by atoms with Crippen molar-refractivity contribution in [1.82, 2.24) is 9.80 Å². The number of hydrogen-bond donors (Lipinski definition) is 0. The van der Waals surface area contributed by atoms with Gasteiger partial charge in [-0.25, -0.2) is 0 Å². The molecule has 7 heteroatoms. The fourth-order valence-electron chi connectivity index (χ4n) is 2.20. The van der Waals surface area contributed by atoms with E-state index in [0.717, 1.165) is 25.9 Å². The summed E-state index contributed by atoms with van der Waals surface area (Å²) in [6.07, 6.45) is 2.09. The Labute approximate surface area is 158 Å². The zero-order valence-electron chi connectivity index (χ0n) is 17.5. The third-order valence-electron chi connectivity index (χ3n) is 3.72. The highest BCUT2D eigenvalue weighted by Gasteiger charge is 2.13. The minimum atomic E-state index is -0.324. The van der Waals surface area contributed by atoms with E-state index < -0.39 is 0 Å². The van der Waals surface area contributed by atoms with E-state index in [-0.39, 0.29) is 37.4 Å². The Morgan fingerprint density at radius 2 is 1.58 bits per heavy atom. The maximum atomic E-state index is 11.9. The van der Waals surface area contributed by atoms with Gasteiger partial charge >= 0.3 is 11.9 Å². The van der Waals surface area contributed by atoms with Crippen LogP contribution >= 0.6 is 0 Å². The standard InChI is InChI=1S/C19H38N2O5/c1-7-9-18(22)25-14-16(2)24-15-17(3)26-19(23)10-13-21(6)12-8-11-20(4)5/h16-17H,7-15H2,1-6H3. The van der Waals surface area contributed by atoms with Gasteiger partial charge in [-0.3, -0.25) is 9.59 Å². The highest BCUT2D eigenvalue weighted by Crippen LogP contribution is 2.02. The van der Waals surface area contributed by atoms with Gasteiger partial charge < -0.3 is 24.0 Å². The second kappa shape index (κ2) is 14.9.